The Kier molecular flexibility index (Phi) is 5.14. The Morgan fingerprint density at radius 3 is 2.50 bits per heavy atom. The van der Waals surface area contributed by atoms with Gasteiger partial charge in [-0.2, -0.15) is 0 Å². The minimum atomic E-state index is -2.94. The van der Waals surface area contributed by atoms with Gasteiger partial charge in [0.15, 0.2) is 9.84 Å². The number of ether oxygens (including phenoxy) is 1. The van der Waals surface area contributed by atoms with Crippen molar-refractivity contribution in [2.45, 2.75) is 81.7 Å². The van der Waals surface area contributed by atoms with Crippen molar-refractivity contribution in [1.29, 1.82) is 0 Å². The summed E-state index contributed by atoms with van der Waals surface area (Å²) in [6.07, 6.45) is 8.26. The largest absolute Gasteiger partial charge is 0.375 e. The molecule has 1 N–H and O–H groups in total. The molecule has 118 valence electrons. The van der Waals surface area contributed by atoms with Crippen molar-refractivity contribution < 1.29 is 13.2 Å². The maximum absolute atomic E-state index is 11.9. The SMILES string of the molecule is CCC1(CC)CC(NC2CCCC2S(C)(=O)=O)CCO1. The average molecular weight is 303 g/mol. The molecule has 1 aliphatic heterocycles. The second kappa shape index (κ2) is 6.32. The molecule has 1 heterocycles. The summed E-state index contributed by atoms with van der Waals surface area (Å²) in [6, 6.07) is 0.538. The van der Waals surface area contributed by atoms with Crippen molar-refractivity contribution in [3.63, 3.8) is 0 Å². The Balaban J connectivity index is 1.99. The van der Waals surface area contributed by atoms with Crippen LogP contribution in [0.25, 0.3) is 0 Å². The smallest absolute Gasteiger partial charge is 0.151 e. The van der Waals surface area contributed by atoms with Gasteiger partial charge < -0.3 is 10.1 Å². The Labute approximate surface area is 123 Å². The summed E-state index contributed by atoms with van der Waals surface area (Å²) in [7, 11) is -2.94. The Morgan fingerprint density at radius 1 is 1.20 bits per heavy atom. The van der Waals surface area contributed by atoms with Crippen LogP contribution in [-0.2, 0) is 14.6 Å². The fourth-order valence-electron chi connectivity index (χ4n) is 3.84. The van der Waals surface area contributed by atoms with Crippen LogP contribution in [0.1, 0.15) is 58.8 Å². The van der Waals surface area contributed by atoms with Crippen molar-refractivity contribution in [3.05, 3.63) is 0 Å². The second-order valence-electron chi connectivity index (χ2n) is 6.50. The third-order valence-electron chi connectivity index (χ3n) is 5.23. The summed E-state index contributed by atoms with van der Waals surface area (Å²) in [4.78, 5) is 0. The highest BCUT2D eigenvalue weighted by atomic mass is 32.2. The molecule has 2 aliphatic rings. The van der Waals surface area contributed by atoms with Crippen LogP contribution >= 0.6 is 0 Å². The minimum absolute atomic E-state index is 0.00485. The van der Waals surface area contributed by atoms with Gasteiger partial charge >= 0.3 is 0 Å². The second-order valence-corrected chi connectivity index (χ2v) is 8.76. The summed E-state index contributed by atoms with van der Waals surface area (Å²) < 4.78 is 29.7. The summed E-state index contributed by atoms with van der Waals surface area (Å²) >= 11 is 0. The maximum atomic E-state index is 11.9. The van der Waals surface area contributed by atoms with Gasteiger partial charge in [0.25, 0.3) is 0 Å². The maximum Gasteiger partial charge on any atom is 0.151 e. The van der Waals surface area contributed by atoms with E-state index in [2.05, 4.69) is 19.2 Å². The lowest BCUT2D eigenvalue weighted by atomic mass is 9.85. The van der Waals surface area contributed by atoms with Gasteiger partial charge in [0.2, 0.25) is 0 Å². The molecular weight excluding hydrogens is 274 g/mol. The van der Waals surface area contributed by atoms with Gasteiger partial charge in [-0.3, -0.25) is 0 Å². The molecule has 1 saturated heterocycles. The molecule has 5 heteroatoms. The van der Waals surface area contributed by atoms with Gasteiger partial charge in [-0.15, -0.1) is 0 Å². The number of nitrogens with one attached hydrogen (secondary N) is 1. The molecule has 4 nitrogen and oxygen atoms in total. The molecule has 0 aromatic rings. The first-order valence-corrected chi connectivity index (χ1v) is 9.94. The first-order chi connectivity index (χ1) is 9.40. The zero-order valence-electron chi connectivity index (χ0n) is 13.0. The van der Waals surface area contributed by atoms with Gasteiger partial charge in [0.05, 0.1) is 10.9 Å². The van der Waals surface area contributed by atoms with Crippen LogP contribution in [0.5, 0.6) is 0 Å². The zero-order valence-corrected chi connectivity index (χ0v) is 13.8. The van der Waals surface area contributed by atoms with Crippen LogP contribution in [0.4, 0.5) is 0 Å². The van der Waals surface area contributed by atoms with Crippen LogP contribution < -0.4 is 5.32 Å². The van der Waals surface area contributed by atoms with Crippen molar-refractivity contribution in [1.82, 2.24) is 5.32 Å². The molecule has 20 heavy (non-hydrogen) atoms. The molecular formula is C15H29NO3S. The predicted octanol–water partition coefficient (Wildman–Crippen LogP) is 2.28. The summed E-state index contributed by atoms with van der Waals surface area (Å²) in [5.41, 5.74) is -0.00485. The Morgan fingerprint density at radius 2 is 1.90 bits per heavy atom. The normalized spacial score (nSPS) is 34.2. The standard InChI is InChI=1S/C15H29NO3S/c1-4-15(5-2)11-12(9-10-19-15)16-13-7-6-8-14(13)20(3,17)18/h12-14,16H,4-11H2,1-3H3. The molecule has 1 aliphatic carbocycles. The van der Waals surface area contributed by atoms with Crippen molar-refractivity contribution >= 4 is 9.84 Å². The quantitative estimate of drug-likeness (QED) is 0.846. The molecule has 0 amide bonds. The molecule has 3 unspecified atom stereocenters. The molecule has 1 saturated carbocycles. The fraction of sp³-hybridized carbons (Fsp3) is 1.00. The number of hydrogen-bond acceptors (Lipinski definition) is 4. The fourth-order valence-corrected chi connectivity index (χ4v) is 5.25. The van der Waals surface area contributed by atoms with Gasteiger partial charge in [0.1, 0.15) is 0 Å². The highest BCUT2D eigenvalue weighted by Crippen LogP contribution is 2.33. The van der Waals surface area contributed by atoms with Crippen LogP contribution in [0.15, 0.2) is 0 Å². The van der Waals surface area contributed by atoms with Crippen molar-refractivity contribution in [2.24, 2.45) is 0 Å². The number of sulfone groups is 1. The first-order valence-electron chi connectivity index (χ1n) is 7.99. The molecule has 0 radical (unpaired) electrons. The lowest BCUT2D eigenvalue weighted by Crippen LogP contribution is -2.51. The van der Waals surface area contributed by atoms with Crippen molar-refractivity contribution in [3.8, 4) is 0 Å². The minimum Gasteiger partial charge on any atom is -0.375 e. The van der Waals surface area contributed by atoms with Crippen LogP contribution in [0.3, 0.4) is 0 Å². The highest BCUT2D eigenvalue weighted by Gasteiger charge is 2.39. The molecule has 0 spiro atoms. The third-order valence-corrected chi connectivity index (χ3v) is 6.90. The van der Waals surface area contributed by atoms with E-state index in [0.717, 1.165) is 51.6 Å². The first kappa shape index (κ1) is 16.2. The van der Waals surface area contributed by atoms with Crippen LogP contribution in [-0.4, -0.2) is 44.2 Å². The van der Waals surface area contributed by atoms with E-state index in [9.17, 15) is 8.42 Å². The molecule has 2 rings (SSSR count). The monoisotopic (exact) mass is 303 g/mol. The number of hydrogen-bond donors (Lipinski definition) is 1. The van der Waals surface area contributed by atoms with Crippen LogP contribution in [0, 0.1) is 0 Å². The van der Waals surface area contributed by atoms with Crippen LogP contribution in [0.2, 0.25) is 0 Å². The summed E-state index contributed by atoms with van der Waals surface area (Å²) in [6.45, 7) is 5.15. The van der Waals surface area contributed by atoms with Crippen molar-refractivity contribution in [2.75, 3.05) is 12.9 Å². The van der Waals surface area contributed by atoms with Gasteiger partial charge in [-0.25, -0.2) is 8.42 Å². The highest BCUT2D eigenvalue weighted by molar-refractivity contribution is 7.91. The lowest BCUT2D eigenvalue weighted by Gasteiger charge is -2.41. The molecule has 3 atom stereocenters. The van der Waals surface area contributed by atoms with E-state index in [1.807, 2.05) is 0 Å². The predicted molar refractivity (Wildman–Crippen MR) is 81.7 cm³/mol. The molecule has 0 bridgehead atoms. The van der Waals surface area contributed by atoms with Gasteiger partial charge in [-0.1, -0.05) is 20.3 Å². The molecule has 0 aromatic carbocycles. The third kappa shape index (κ3) is 3.55. The molecule has 2 fully saturated rings. The van der Waals surface area contributed by atoms with E-state index in [4.69, 9.17) is 4.74 Å². The van der Waals surface area contributed by atoms with E-state index in [1.165, 1.54) is 6.26 Å². The summed E-state index contributed by atoms with van der Waals surface area (Å²) in [5, 5.41) is 3.45. The lowest BCUT2D eigenvalue weighted by molar-refractivity contribution is -0.0939. The summed E-state index contributed by atoms with van der Waals surface area (Å²) in [5.74, 6) is 0. The van der Waals surface area contributed by atoms with Gasteiger partial charge in [-0.05, 0) is 38.5 Å². The number of rotatable bonds is 5. The Bertz CT molecular complexity index is 417. The van der Waals surface area contributed by atoms with E-state index < -0.39 is 9.84 Å². The average Bonchev–Trinajstić information content (AvgIpc) is 2.87. The van der Waals surface area contributed by atoms with E-state index in [-0.39, 0.29) is 16.9 Å². The Hall–Kier alpha value is -0.130. The van der Waals surface area contributed by atoms with E-state index in [1.54, 1.807) is 0 Å². The van der Waals surface area contributed by atoms with Gasteiger partial charge in [0, 0.05) is 24.9 Å². The molecule has 0 aromatic heterocycles. The zero-order chi connectivity index (χ0) is 14.8. The van der Waals surface area contributed by atoms with E-state index >= 15 is 0 Å². The van der Waals surface area contributed by atoms with E-state index in [0.29, 0.717) is 6.04 Å². The topological polar surface area (TPSA) is 55.4 Å².